The Bertz CT molecular complexity index is 641. The predicted octanol–water partition coefficient (Wildman–Crippen LogP) is 4.58. The van der Waals surface area contributed by atoms with E-state index in [4.69, 9.17) is 0 Å². The van der Waals surface area contributed by atoms with Crippen molar-refractivity contribution in [3.05, 3.63) is 30.3 Å². The predicted molar refractivity (Wildman–Crippen MR) is 80.9 cm³/mol. The van der Waals surface area contributed by atoms with E-state index in [2.05, 4.69) is 10.3 Å². The van der Waals surface area contributed by atoms with Gasteiger partial charge in [-0.3, -0.25) is 0 Å². The van der Waals surface area contributed by atoms with Crippen LogP contribution in [0.25, 0.3) is 10.9 Å². The molecular weight excluding hydrogens is 293 g/mol. The van der Waals surface area contributed by atoms with E-state index < -0.39 is 12.1 Å². The first-order chi connectivity index (χ1) is 10.3. The third-order valence-corrected chi connectivity index (χ3v) is 3.44. The molecule has 1 unspecified atom stereocenters. The minimum Gasteiger partial charge on any atom is -0.504 e. The fourth-order valence-electron chi connectivity index (χ4n) is 2.36. The molecule has 1 atom stereocenters. The lowest BCUT2D eigenvalue weighted by atomic mass is 9.96. The number of hydrogen-bond donors (Lipinski definition) is 2. The summed E-state index contributed by atoms with van der Waals surface area (Å²) in [4.78, 5) is 4.18. The van der Waals surface area contributed by atoms with Gasteiger partial charge < -0.3 is 10.4 Å². The standard InChI is InChI=1S/C16H19F3N2O/c1-10(2)7-12(16(17,18)19)9-20-15-14(22)8-11-5-3-4-6-13(11)21-15/h3-6,8,10,12,22H,7,9H2,1-2H3,(H,20,21). The lowest BCUT2D eigenvalue weighted by Gasteiger charge is -2.22. The molecule has 0 amide bonds. The maximum Gasteiger partial charge on any atom is 0.393 e. The Labute approximate surface area is 127 Å². The summed E-state index contributed by atoms with van der Waals surface area (Å²) < 4.78 is 39.0. The van der Waals surface area contributed by atoms with Crippen molar-refractivity contribution in [3.63, 3.8) is 0 Å². The number of anilines is 1. The average molecular weight is 312 g/mol. The van der Waals surface area contributed by atoms with Crippen LogP contribution in [0.5, 0.6) is 5.75 Å². The summed E-state index contributed by atoms with van der Waals surface area (Å²) in [6, 6.07) is 8.61. The van der Waals surface area contributed by atoms with Gasteiger partial charge in [-0.15, -0.1) is 0 Å². The molecule has 3 nitrogen and oxygen atoms in total. The molecule has 0 aliphatic heterocycles. The molecule has 1 aromatic heterocycles. The number of hydrogen-bond acceptors (Lipinski definition) is 3. The number of nitrogens with one attached hydrogen (secondary N) is 1. The van der Waals surface area contributed by atoms with Gasteiger partial charge in [0.25, 0.3) is 0 Å². The zero-order valence-electron chi connectivity index (χ0n) is 12.5. The summed E-state index contributed by atoms with van der Waals surface area (Å²) in [5.41, 5.74) is 0.621. The van der Waals surface area contributed by atoms with Crippen LogP contribution in [0.2, 0.25) is 0 Å². The third kappa shape index (κ3) is 4.02. The van der Waals surface area contributed by atoms with Crippen LogP contribution in [-0.2, 0) is 0 Å². The van der Waals surface area contributed by atoms with Crippen molar-refractivity contribution >= 4 is 16.7 Å². The van der Waals surface area contributed by atoms with Gasteiger partial charge in [0.05, 0.1) is 11.4 Å². The van der Waals surface area contributed by atoms with Crippen LogP contribution in [0.1, 0.15) is 20.3 Å². The maximum absolute atomic E-state index is 13.0. The van der Waals surface area contributed by atoms with Crippen molar-refractivity contribution in [1.29, 1.82) is 0 Å². The Kier molecular flexibility index (Phi) is 4.78. The van der Waals surface area contributed by atoms with Gasteiger partial charge in [-0.1, -0.05) is 32.0 Å². The van der Waals surface area contributed by atoms with E-state index in [1.54, 1.807) is 38.1 Å². The molecule has 0 saturated carbocycles. The molecule has 0 saturated heterocycles. The van der Waals surface area contributed by atoms with Gasteiger partial charge in [-0.25, -0.2) is 4.98 Å². The van der Waals surface area contributed by atoms with Gasteiger partial charge in [0.2, 0.25) is 0 Å². The van der Waals surface area contributed by atoms with Gasteiger partial charge >= 0.3 is 6.18 Å². The van der Waals surface area contributed by atoms with E-state index in [1.165, 1.54) is 6.07 Å². The topological polar surface area (TPSA) is 45.2 Å². The second kappa shape index (κ2) is 6.42. The largest absolute Gasteiger partial charge is 0.504 e. The molecule has 0 fully saturated rings. The molecule has 2 rings (SSSR count). The van der Waals surface area contributed by atoms with Gasteiger partial charge in [-0.2, -0.15) is 13.2 Å². The molecule has 0 radical (unpaired) electrons. The zero-order valence-corrected chi connectivity index (χ0v) is 12.5. The van der Waals surface area contributed by atoms with Gasteiger partial charge in [0, 0.05) is 11.9 Å². The fourth-order valence-corrected chi connectivity index (χ4v) is 2.36. The molecule has 0 bridgehead atoms. The highest BCUT2D eigenvalue weighted by Crippen LogP contribution is 2.32. The van der Waals surface area contributed by atoms with Crippen LogP contribution in [0.15, 0.2) is 30.3 Å². The summed E-state index contributed by atoms with van der Waals surface area (Å²) in [6.45, 7) is 3.20. The maximum atomic E-state index is 13.0. The van der Waals surface area contributed by atoms with E-state index in [-0.39, 0.29) is 30.5 Å². The summed E-state index contributed by atoms with van der Waals surface area (Å²) in [5.74, 6) is -1.60. The fraction of sp³-hybridized carbons (Fsp3) is 0.438. The number of halogens is 3. The molecule has 0 aliphatic rings. The number of benzene rings is 1. The number of aromatic hydroxyl groups is 1. The molecule has 2 aromatic rings. The molecular formula is C16H19F3N2O. The van der Waals surface area contributed by atoms with Crippen molar-refractivity contribution in [3.8, 4) is 5.75 Å². The van der Waals surface area contributed by atoms with Crippen molar-refractivity contribution in [2.24, 2.45) is 11.8 Å². The lowest BCUT2D eigenvalue weighted by Crippen LogP contribution is -2.31. The monoisotopic (exact) mass is 312 g/mol. The number of fused-ring (bicyclic) bond motifs is 1. The van der Waals surface area contributed by atoms with E-state index in [9.17, 15) is 18.3 Å². The van der Waals surface area contributed by atoms with E-state index in [1.807, 2.05) is 0 Å². The van der Waals surface area contributed by atoms with Crippen molar-refractivity contribution in [2.45, 2.75) is 26.4 Å². The Morgan fingerprint density at radius 3 is 2.55 bits per heavy atom. The second-order valence-corrected chi connectivity index (χ2v) is 5.80. The first-order valence-corrected chi connectivity index (χ1v) is 7.16. The number of alkyl halides is 3. The summed E-state index contributed by atoms with van der Waals surface area (Å²) >= 11 is 0. The number of para-hydroxylation sites is 1. The van der Waals surface area contributed by atoms with Gasteiger partial charge in [-0.05, 0) is 24.5 Å². The molecule has 120 valence electrons. The second-order valence-electron chi connectivity index (χ2n) is 5.80. The zero-order chi connectivity index (χ0) is 16.3. The first-order valence-electron chi connectivity index (χ1n) is 7.16. The molecule has 1 aromatic carbocycles. The average Bonchev–Trinajstić information content (AvgIpc) is 2.42. The summed E-state index contributed by atoms with van der Waals surface area (Å²) in [6.07, 6.45) is -4.24. The Morgan fingerprint density at radius 2 is 1.91 bits per heavy atom. The highest BCUT2D eigenvalue weighted by molar-refractivity contribution is 5.82. The Morgan fingerprint density at radius 1 is 1.23 bits per heavy atom. The van der Waals surface area contributed by atoms with E-state index in [0.29, 0.717) is 5.52 Å². The highest BCUT2D eigenvalue weighted by atomic mass is 19.4. The molecule has 1 heterocycles. The molecule has 0 aliphatic carbocycles. The molecule has 22 heavy (non-hydrogen) atoms. The van der Waals surface area contributed by atoms with Crippen molar-refractivity contribution < 1.29 is 18.3 Å². The Hall–Kier alpha value is -1.98. The minimum absolute atomic E-state index is 0.0326. The first kappa shape index (κ1) is 16.4. The van der Waals surface area contributed by atoms with E-state index >= 15 is 0 Å². The number of rotatable bonds is 5. The van der Waals surface area contributed by atoms with Crippen LogP contribution in [0.4, 0.5) is 19.0 Å². The smallest absolute Gasteiger partial charge is 0.393 e. The van der Waals surface area contributed by atoms with Gasteiger partial charge in [0.15, 0.2) is 11.6 Å². The van der Waals surface area contributed by atoms with E-state index in [0.717, 1.165) is 5.39 Å². The minimum atomic E-state index is -4.27. The van der Waals surface area contributed by atoms with Crippen LogP contribution in [-0.4, -0.2) is 22.8 Å². The van der Waals surface area contributed by atoms with Crippen molar-refractivity contribution in [1.82, 2.24) is 4.98 Å². The lowest BCUT2D eigenvalue weighted by molar-refractivity contribution is -0.174. The number of nitrogens with zero attached hydrogens (tertiary/aromatic N) is 1. The Balaban J connectivity index is 2.17. The number of aromatic nitrogens is 1. The molecule has 2 N–H and O–H groups in total. The van der Waals surface area contributed by atoms with Crippen molar-refractivity contribution in [2.75, 3.05) is 11.9 Å². The van der Waals surface area contributed by atoms with Crippen LogP contribution < -0.4 is 5.32 Å². The van der Waals surface area contributed by atoms with Crippen LogP contribution in [0, 0.1) is 11.8 Å². The number of pyridine rings is 1. The summed E-state index contributed by atoms with van der Waals surface area (Å²) in [7, 11) is 0. The molecule has 0 spiro atoms. The highest BCUT2D eigenvalue weighted by Gasteiger charge is 2.39. The molecule has 6 heteroatoms. The van der Waals surface area contributed by atoms with Crippen LogP contribution >= 0.6 is 0 Å². The SMILES string of the molecule is CC(C)CC(CNc1nc2ccccc2cc1O)C(F)(F)F. The van der Waals surface area contributed by atoms with Crippen LogP contribution in [0.3, 0.4) is 0 Å². The van der Waals surface area contributed by atoms with Gasteiger partial charge in [0.1, 0.15) is 0 Å². The quantitative estimate of drug-likeness (QED) is 0.849. The normalized spacial score (nSPS) is 13.5. The third-order valence-electron chi connectivity index (χ3n) is 3.44. The summed E-state index contributed by atoms with van der Waals surface area (Å²) in [5, 5.41) is 13.3.